The Morgan fingerprint density at radius 1 is 0.929 bits per heavy atom. The van der Waals surface area contributed by atoms with E-state index in [0.717, 1.165) is 23.0 Å². The van der Waals surface area contributed by atoms with Crippen molar-refractivity contribution in [2.45, 2.75) is 20.0 Å². The molecule has 4 aromatic rings. The highest BCUT2D eigenvalue weighted by molar-refractivity contribution is 5.95. The van der Waals surface area contributed by atoms with Crippen LogP contribution in [0.5, 0.6) is 0 Å². The first-order chi connectivity index (χ1) is 19.8. The van der Waals surface area contributed by atoms with Crippen LogP contribution in [-0.4, -0.2) is 62.3 Å². The Bertz CT molecular complexity index is 1710. The minimum Gasteiger partial charge on any atom is -0.383 e. The van der Waals surface area contributed by atoms with Crippen molar-refractivity contribution in [3.8, 4) is 0 Å². The standard InChI is InChI=1S/C7H11N5.C7H10N2O.C6H7N5.C5H7N3O/c1-4-10-6(8)5-7(11-4)12(2)3-9-5;1-5-4-9(3)6(2)8-7(5)10;1-11-3-10-4-5(7)8-2-9-6(4)11;1-8-3-2-4(6)7-5(8)9/h3,6H,8H2,1-2H3,(H,10,11);4H,2H2,1,3H3,(H,8,10);2-3H,1H3,(H2,7,8,9);2-3H,1H3,(H2,6,7,9). The predicted molar refractivity (Wildman–Crippen MR) is 160 cm³/mol. The summed E-state index contributed by atoms with van der Waals surface area (Å²) in [7, 11) is 7.24. The van der Waals surface area contributed by atoms with Gasteiger partial charge in [0.2, 0.25) is 0 Å². The summed E-state index contributed by atoms with van der Waals surface area (Å²) in [5.41, 5.74) is 19.1. The van der Waals surface area contributed by atoms with Gasteiger partial charge in [0.05, 0.1) is 12.7 Å². The summed E-state index contributed by atoms with van der Waals surface area (Å²) in [4.78, 5) is 46.9. The summed E-state index contributed by atoms with van der Waals surface area (Å²) in [6.07, 6.45) is 7.83. The molecule has 8 N–H and O–H groups in total. The summed E-state index contributed by atoms with van der Waals surface area (Å²) in [6, 6.07) is 1.57. The van der Waals surface area contributed by atoms with Gasteiger partial charge in [-0.3, -0.25) is 4.79 Å². The lowest BCUT2D eigenvalue weighted by Crippen LogP contribution is -2.35. The summed E-state index contributed by atoms with van der Waals surface area (Å²) in [5.74, 6) is 3.01. The molecule has 0 bridgehead atoms. The second kappa shape index (κ2) is 13.2. The van der Waals surface area contributed by atoms with Gasteiger partial charge in [-0.25, -0.2) is 29.7 Å². The van der Waals surface area contributed by atoms with Crippen LogP contribution < -0.4 is 33.5 Å². The van der Waals surface area contributed by atoms with Crippen LogP contribution in [0, 0.1) is 0 Å². The first kappa shape index (κ1) is 31.0. The minimum atomic E-state index is -0.324. The maximum Gasteiger partial charge on any atom is 0.349 e. The molecule has 42 heavy (non-hydrogen) atoms. The number of aromatic nitrogens is 8. The van der Waals surface area contributed by atoms with Crippen LogP contribution >= 0.6 is 0 Å². The molecular weight excluding hydrogens is 542 g/mol. The summed E-state index contributed by atoms with van der Waals surface area (Å²) in [6.45, 7) is 7.28. The highest BCUT2D eigenvalue weighted by atomic mass is 16.2. The SMILES string of the molecule is C=C1NC(=O)C(C)=CN1C.CC1=NC(N)c2ncn(C)c2N1.Cn1ccc(N)nc1=O.Cn1cnc2c(N)ncnc21. The fourth-order valence-corrected chi connectivity index (χ4v) is 3.48. The lowest BCUT2D eigenvalue weighted by molar-refractivity contribution is -0.117. The number of fused-ring (bicyclic) bond motifs is 2. The lowest BCUT2D eigenvalue weighted by atomic mass is 10.2. The van der Waals surface area contributed by atoms with Gasteiger partial charge < -0.3 is 46.4 Å². The number of nitrogens with two attached hydrogens (primary N) is 3. The molecule has 6 rings (SSSR count). The maximum atomic E-state index is 10.9. The molecule has 4 aromatic heterocycles. The van der Waals surface area contributed by atoms with E-state index >= 15 is 0 Å². The second-order valence-electron chi connectivity index (χ2n) is 9.23. The van der Waals surface area contributed by atoms with Crippen LogP contribution in [0.25, 0.3) is 11.2 Å². The number of carbonyl (C=O) groups is 1. The molecule has 2 aliphatic rings. The number of imidazole rings is 2. The number of aryl methyl sites for hydroxylation is 3. The molecule has 2 aliphatic heterocycles. The summed E-state index contributed by atoms with van der Waals surface area (Å²) >= 11 is 0. The molecule has 1 amide bonds. The third kappa shape index (κ3) is 7.54. The number of anilines is 3. The summed E-state index contributed by atoms with van der Waals surface area (Å²) < 4.78 is 5.05. The number of amides is 1. The van der Waals surface area contributed by atoms with E-state index < -0.39 is 0 Å². The largest absolute Gasteiger partial charge is 0.383 e. The van der Waals surface area contributed by atoms with Crippen molar-refractivity contribution in [1.29, 1.82) is 0 Å². The van der Waals surface area contributed by atoms with Gasteiger partial charge >= 0.3 is 5.69 Å². The van der Waals surface area contributed by atoms with E-state index in [1.54, 1.807) is 54.6 Å². The normalized spacial score (nSPS) is 15.3. The molecule has 1 unspecified atom stereocenters. The van der Waals surface area contributed by atoms with Crippen molar-refractivity contribution < 1.29 is 4.79 Å². The number of hydrogen-bond acceptors (Lipinski definition) is 13. The molecule has 0 radical (unpaired) electrons. The van der Waals surface area contributed by atoms with E-state index in [-0.39, 0.29) is 23.6 Å². The number of nitrogen functional groups attached to an aromatic ring is 2. The lowest BCUT2D eigenvalue weighted by Gasteiger charge is -2.23. The van der Waals surface area contributed by atoms with Gasteiger partial charge in [0, 0.05) is 46.2 Å². The van der Waals surface area contributed by atoms with Gasteiger partial charge in [0.25, 0.3) is 5.91 Å². The fourth-order valence-electron chi connectivity index (χ4n) is 3.48. The Balaban J connectivity index is 0.000000155. The highest BCUT2D eigenvalue weighted by Gasteiger charge is 2.20. The van der Waals surface area contributed by atoms with E-state index in [9.17, 15) is 9.59 Å². The van der Waals surface area contributed by atoms with E-state index in [1.807, 2.05) is 32.6 Å². The van der Waals surface area contributed by atoms with Crippen LogP contribution in [-0.2, 0) is 25.9 Å². The van der Waals surface area contributed by atoms with Gasteiger partial charge in [-0.05, 0) is 19.9 Å². The average molecular weight is 578 g/mol. The topological polar surface area (TPSA) is 231 Å². The zero-order valence-corrected chi connectivity index (χ0v) is 24.3. The molecule has 0 saturated heterocycles. The number of nitrogens with zero attached hydrogens (tertiary/aromatic N) is 10. The van der Waals surface area contributed by atoms with Crippen molar-refractivity contribution in [2.75, 3.05) is 23.8 Å². The van der Waals surface area contributed by atoms with E-state index in [4.69, 9.17) is 17.2 Å². The molecule has 0 aromatic carbocycles. The molecule has 17 heteroatoms. The Hall–Kier alpha value is -5.58. The van der Waals surface area contributed by atoms with Gasteiger partial charge in [0.15, 0.2) is 11.5 Å². The first-order valence-corrected chi connectivity index (χ1v) is 12.4. The molecule has 1 atom stereocenters. The third-order valence-corrected chi connectivity index (χ3v) is 5.83. The third-order valence-electron chi connectivity index (χ3n) is 5.83. The molecule has 0 spiro atoms. The number of nitrogens with one attached hydrogen (secondary N) is 2. The molecular formula is C25H35N15O2. The molecule has 17 nitrogen and oxygen atoms in total. The second-order valence-corrected chi connectivity index (χ2v) is 9.23. The van der Waals surface area contributed by atoms with Crippen LogP contribution in [0.2, 0.25) is 0 Å². The summed E-state index contributed by atoms with van der Waals surface area (Å²) in [5, 5.41) is 5.71. The van der Waals surface area contributed by atoms with Crippen LogP contribution in [0.1, 0.15) is 25.7 Å². The fraction of sp³-hybridized carbons (Fsp3) is 0.280. The first-order valence-electron chi connectivity index (χ1n) is 12.4. The van der Waals surface area contributed by atoms with Gasteiger partial charge in [-0.15, -0.1) is 0 Å². The molecule has 6 heterocycles. The number of amidine groups is 1. The number of hydrogen-bond donors (Lipinski definition) is 5. The van der Waals surface area contributed by atoms with E-state index in [1.165, 1.54) is 10.9 Å². The van der Waals surface area contributed by atoms with E-state index in [2.05, 4.69) is 47.1 Å². The number of carbonyl (C=O) groups excluding carboxylic acids is 1. The van der Waals surface area contributed by atoms with Crippen molar-refractivity contribution in [3.05, 3.63) is 71.6 Å². The van der Waals surface area contributed by atoms with Crippen molar-refractivity contribution in [1.82, 2.24) is 48.8 Å². The predicted octanol–water partition coefficient (Wildman–Crippen LogP) is -0.0477. The zero-order valence-electron chi connectivity index (χ0n) is 24.3. The monoisotopic (exact) mass is 577 g/mol. The Morgan fingerprint density at radius 2 is 1.62 bits per heavy atom. The minimum absolute atomic E-state index is 0.0666. The van der Waals surface area contributed by atoms with Gasteiger partial charge in [0.1, 0.15) is 47.0 Å². The smallest absolute Gasteiger partial charge is 0.349 e. The maximum absolute atomic E-state index is 10.9. The number of rotatable bonds is 0. The Morgan fingerprint density at radius 3 is 2.24 bits per heavy atom. The quantitative estimate of drug-likeness (QED) is 0.185. The van der Waals surface area contributed by atoms with Crippen LogP contribution in [0.3, 0.4) is 0 Å². The number of aliphatic imine (C=N–C) groups is 1. The van der Waals surface area contributed by atoms with Crippen molar-refractivity contribution in [3.63, 3.8) is 0 Å². The zero-order chi connectivity index (χ0) is 31.1. The average Bonchev–Trinajstić information content (AvgIpc) is 3.50. The van der Waals surface area contributed by atoms with Crippen LogP contribution in [0.15, 0.2) is 65.2 Å². The van der Waals surface area contributed by atoms with Gasteiger partial charge in [-0.1, -0.05) is 6.58 Å². The van der Waals surface area contributed by atoms with Gasteiger partial charge in [-0.2, -0.15) is 4.98 Å². The molecule has 0 saturated carbocycles. The van der Waals surface area contributed by atoms with E-state index in [0.29, 0.717) is 22.7 Å². The van der Waals surface area contributed by atoms with Crippen LogP contribution in [0.4, 0.5) is 17.5 Å². The molecule has 222 valence electrons. The molecule has 0 aliphatic carbocycles. The van der Waals surface area contributed by atoms with Crippen molar-refractivity contribution in [2.24, 2.45) is 31.9 Å². The molecule has 0 fully saturated rings. The Labute approximate surface area is 241 Å². The Kier molecular flexibility index (Phi) is 9.72. The van der Waals surface area contributed by atoms with Crippen molar-refractivity contribution >= 4 is 40.4 Å². The highest BCUT2D eigenvalue weighted by Crippen LogP contribution is 2.23.